The molecular formula is C19H27N5O2. The van der Waals surface area contributed by atoms with Gasteiger partial charge in [0.05, 0.1) is 6.20 Å². The van der Waals surface area contributed by atoms with Crippen molar-refractivity contribution >= 4 is 17.5 Å². The number of amides is 2. The lowest BCUT2D eigenvalue weighted by atomic mass is 9.89. The van der Waals surface area contributed by atoms with E-state index in [-0.39, 0.29) is 17.2 Å². The number of hydrogen-bond acceptors (Lipinski definition) is 4. The number of nitrogens with one attached hydrogen (secondary N) is 1. The number of piperidine rings is 1. The van der Waals surface area contributed by atoms with Crippen molar-refractivity contribution in [3.05, 3.63) is 29.7 Å². The zero-order valence-electron chi connectivity index (χ0n) is 16.0. The van der Waals surface area contributed by atoms with E-state index < -0.39 is 0 Å². The number of nitrogens with zero attached hydrogens (tertiary/aromatic N) is 4. The molecule has 3 heterocycles. The Balaban J connectivity index is 1.75. The van der Waals surface area contributed by atoms with Gasteiger partial charge in [0.25, 0.3) is 5.91 Å². The van der Waals surface area contributed by atoms with E-state index in [4.69, 9.17) is 0 Å². The summed E-state index contributed by atoms with van der Waals surface area (Å²) in [5, 5.41) is 7.00. The maximum absolute atomic E-state index is 12.4. The zero-order chi connectivity index (χ0) is 18.9. The normalized spacial score (nSPS) is 16.1. The molecule has 1 saturated heterocycles. The van der Waals surface area contributed by atoms with Crippen LogP contribution in [0.1, 0.15) is 62.0 Å². The lowest BCUT2D eigenvalue weighted by Crippen LogP contribution is -2.39. The van der Waals surface area contributed by atoms with E-state index in [0.717, 1.165) is 31.6 Å². The predicted molar refractivity (Wildman–Crippen MR) is 99.0 cm³/mol. The number of fused-ring (bicyclic) bond motifs is 1. The van der Waals surface area contributed by atoms with E-state index >= 15 is 0 Å². The first-order valence-corrected chi connectivity index (χ1v) is 9.12. The lowest BCUT2D eigenvalue weighted by Gasteiger charge is -2.33. The van der Waals surface area contributed by atoms with Crippen LogP contribution in [0.5, 0.6) is 0 Å². The minimum Gasteiger partial charge on any atom is -0.355 e. The van der Waals surface area contributed by atoms with Gasteiger partial charge in [0, 0.05) is 44.4 Å². The average Bonchev–Trinajstić information content (AvgIpc) is 3.04. The van der Waals surface area contributed by atoms with E-state index in [1.54, 1.807) is 24.0 Å². The van der Waals surface area contributed by atoms with Crippen molar-refractivity contribution in [2.45, 2.75) is 46.0 Å². The summed E-state index contributed by atoms with van der Waals surface area (Å²) < 4.78 is 1.77. The maximum atomic E-state index is 12.4. The number of likely N-dealkylation sites (tertiary alicyclic amines) is 1. The van der Waals surface area contributed by atoms with Crippen molar-refractivity contribution < 1.29 is 9.59 Å². The number of hydrogen-bond donors (Lipinski definition) is 1. The van der Waals surface area contributed by atoms with Gasteiger partial charge in [-0.3, -0.25) is 9.59 Å². The van der Waals surface area contributed by atoms with E-state index in [1.165, 1.54) is 0 Å². The minimum absolute atomic E-state index is 0.0104. The molecular weight excluding hydrogens is 330 g/mol. The van der Waals surface area contributed by atoms with E-state index in [0.29, 0.717) is 23.5 Å². The molecule has 140 valence electrons. The van der Waals surface area contributed by atoms with Gasteiger partial charge < -0.3 is 10.2 Å². The van der Waals surface area contributed by atoms with Crippen molar-refractivity contribution in [2.24, 2.45) is 5.41 Å². The van der Waals surface area contributed by atoms with Crippen molar-refractivity contribution in [2.75, 3.05) is 20.1 Å². The van der Waals surface area contributed by atoms with Gasteiger partial charge in [0.15, 0.2) is 5.65 Å². The largest absolute Gasteiger partial charge is 0.355 e. The van der Waals surface area contributed by atoms with Gasteiger partial charge in [0.2, 0.25) is 5.91 Å². The fourth-order valence-corrected chi connectivity index (χ4v) is 3.50. The second-order valence-electron chi connectivity index (χ2n) is 8.13. The van der Waals surface area contributed by atoms with Gasteiger partial charge in [-0.2, -0.15) is 5.10 Å². The Morgan fingerprint density at radius 3 is 2.58 bits per heavy atom. The summed E-state index contributed by atoms with van der Waals surface area (Å²) in [5.74, 6) is 0.348. The number of rotatable bonds is 3. The summed E-state index contributed by atoms with van der Waals surface area (Å²) >= 11 is 0. The second kappa shape index (κ2) is 7.05. The summed E-state index contributed by atoms with van der Waals surface area (Å²) in [6.07, 6.45) is 5.66. The Morgan fingerprint density at radius 1 is 1.27 bits per heavy atom. The molecule has 2 aromatic rings. The quantitative estimate of drug-likeness (QED) is 0.913. The van der Waals surface area contributed by atoms with Crippen LogP contribution in [-0.2, 0) is 4.79 Å². The Bertz CT molecular complexity index is 813. The predicted octanol–water partition coefficient (Wildman–Crippen LogP) is 2.23. The minimum atomic E-state index is -0.188. The molecule has 0 saturated carbocycles. The molecule has 0 radical (unpaired) electrons. The van der Waals surface area contributed by atoms with Crippen LogP contribution in [0.15, 0.2) is 18.5 Å². The van der Waals surface area contributed by atoms with Crippen LogP contribution in [0.4, 0.5) is 0 Å². The maximum Gasteiger partial charge on any atom is 0.256 e. The molecule has 2 aromatic heterocycles. The van der Waals surface area contributed by atoms with Crippen LogP contribution in [0, 0.1) is 5.41 Å². The Kier molecular flexibility index (Phi) is 4.98. The van der Waals surface area contributed by atoms with Gasteiger partial charge in [0.1, 0.15) is 5.56 Å². The number of carbonyl (C=O) groups is 2. The number of carbonyl (C=O) groups excluding carboxylic acids is 2. The molecule has 3 rings (SSSR count). The molecule has 0 aromatic carbocycles. The van der Waals surface area contributed by atoms with Gasteiger partial charge in [-0.1, -0.05) is 20.8 Å². The molecule has 0 bridgehead atoms. The molecule has 0 aliphatic carbocycles. The Labute approximate surface area is 153 Å². The monoisotopic (exact) mass is 357 g/mol. The van der Waals surface area contributed by atoms with Gasteiger partial charge in [-0.05, 0) is 24.3 Å². The van der Waals surface area contributed by atoms with Crippen molar-refractivity contribution in [3.8, 4) is 0 Å². The van der Waals surface area contributed by atoms with E-state index in [2.05, 4.69) is 36.2 Å². The van der Waals surface area contributed by atoms with Crippen LogP contribution in [0.25, 0.3) is 5.65 Å². The molecule has 26 heavy (non-hydrogen) atoms. The molecule has 1 aliphatic heterocycles. The molecule has 0 unspecified atom stereocenters. The van der Waals surface area contributed by atoms with Crippen LogP contribution in [0.3, 0.4) is 0 Å². The molecule has 7 heteroatoms. The lowest BCUT2D eigenvalue weighted by molar-refractivity contribution is -0.134. The van der Waals surface area contributed by atoms with E-state index in [9.17, 15) is 9.59 Å². The van der Waals surface area contributed by atoms with Gasteiger partial charge in [-0.25, -0.2) is 9.50 Å². The summed E-state index contributed by atoms with van der Waals surface area (Å²) in [7, 11) is 1.60. The summed E-state index contributed by atoms with van der Waals surface area (Å²) in [4.78, 5) is 30.7. The highest BCUT2D eigenvalue weighted by atomic mass is 16.2. The number of aromatic nitrogens is 3. The first-order valence-electron chi connectivity index (χ1n) is 9.12. The first-order chi connectivity index (χ1) is 12.3. The van der Waals surface area contributed by atoms with Crippen molar-refractivity contribution in [1.82, 2.24) is 24.8 Å². The van der Waals surface area contributed by atoms with Crippen LogP contribution in [-0.4, -0.2) is 51.4 Å². The SMILES string of the molecule is CNC(=O)c1cnn2c(C3CCN(C(=O)CC(C)(C)C)CC3)ccnc12. The molecule has 1 aliphatic rings. The van der Waals surface area contributed by atoms with E-state index in [1.807, 2.05) is 11.0 Å². The van der Waals surface area contributed by atoms with Crippen LogP contribution >= 0.6 is 0 Å². The van der Waals surface area contributed by atoms with Crippen molar-refractivity contribution in [1.29, 1.82) is 0 Å². The molecule has 2 amide bonds. The molecule has 7 nitrogen and oxygen atoms in total. The average molecular weight is 357 g/mol. The Morgan fingerprint density at radius 2 is 1.96 bits per heavy atom. The highest BCUT2D eigenvalue weighted by molar-refractivity contribution is 5.99. The third-order valence-corrected chi connectivity index (χ3v) is 4.85. The van der Waals surface area contributed by atoms with Crippen molar-refractivity contribution in [3.63, 3.8) is 0 Å². The zero-order valence-corrected chi connectivity index (χ0v) is 16.0. The smallest absolute Gasteiger partial charge is 0.256 e. The van der Waals surface area contributed by atoms with Gasteiger partial charge in [-0.15, -0.1) is 0 Å². The molecule has 0 atom stereocenters. The second-order valence-corrected chi connectivity index (χ2v) is 8.13. The molecule has 1 fully saturated rings. The third kappa shape index (κ3) is 3.71. The standard InChI is InChI=1S/C19H27N5O2/c1-19(2,3)11-16(25)23-9-6-13(7-10-23)15-5-8-21-17-14(18(26)20-4)12-22-24(15)17/h5,8,12-13H,6-7,9-11H2,1-4H3,(H,20,26). The molecule has 1 N–H and O–H groups in total. The summed E-state index contributed by atoms with van der Waals surface area (Å²) in [5.41, 5.74) is 2.12. The third-order valence-electron chi connectivity index (χ3n) is 4.85. The topological polar surface area (TPSA) is 79.6 Å². The fraction of sp³-hybridized carbons (Fsp3) is 0.579. The molecule has 0 spiro atoms. The summed E-state index contributed by atoms with van der Waals surface area (Å²) in [6.45, 7) is 7.78. The first kappa shape index (κ1) is 18.4. The van der Waals surface area contributed by atoms with Crippen LogP contribution < -0.4 is 5.32 Å². The highest BCUT2D eigenvalue weighted by Gasteiger charge is 2.28. The van der Waals surface area contributed by atoms with Crippen LogP contribution in [0.2, 0.25) is 0 Å². The Hall–Kier alpha value is -2.44. The highest BCUT2D eigenvalue weighted by Crippen LogP contribution is 2.30. The fourth-order valence-electron chi connectivity index (χ4n) is 3.50. The van der Waals surface area contributed by atoms with Gasteiger partial charge >= 0.3 is 0 Å². The summed E-state index contributed by atoms with van der Waals surface area (Å²) in [6, 6.07) is 1.96.